The van der Waals surface area contributed by atoms with Gasteiger partial charge >= 0.3 is 5.97 Å². The van der Waals surface area contributed by atoms with Crippen LogP contribution in [-0.2, 0) is 16.0 Å². The van der Waals surface area contributed by atoms with Gasteiger partial charge in [0.15, 0.2) is 0 Å². The molecule has 0 saturated carbocycles. The number of nitrogens with two attached hydrogens (primary N) is 1. The number of rotatable bonds is 10. The molecule has 0 fully saturated rings. The summed E-state index contributed by atoms with van der Waals surface area (Å²) in [4.78, 5) is 22.9. The summed E-state index contributed by atoms with van der Waals surface area (Å²) < 4.78 is 0. The van der Waals surface area contributed by atoms with Crippen LogP contribution in [0.15, 0.2) is 30.3 Å². The zero-order valence-corrected chi connectivity index (χ0v) is 12.3. The van der Waals surface area contributed by atoms with Crippen molar-refractivity contribution in [2.75, 3.05) is 6.54 Å². The van der Waals surface area contributed by atoms with Crippen molar-refractivity contribution >= 4 is 11.9 Å². The van der Waals surface area contributed by atoms with E-state index >= 15 is 0 Å². The van der Waals surface area contributed by atoms with Crippen molar-refractivity contribution in [3.8, 4) is 0 Å². The number of carbonyl (C=O) groups is 2. The van der Waals surface area contributed by atoms with E-state index in [1.807, 2.05) is 30.3 Å². The number of benzene rings is 1. The highest BCUT2D eigenvalue weighted by Gasteiger charge is 2.19. The fourth-order valence-corrected chi connectivity index (χ4v) is 2.09. The van der Waals surface area contributed by atoms with Gasteiger partial charge in [-0.2, -0.15) is 0 Å². The number of amides is 1. The third kappa shape index (κ3) is 7.46. The van der Waals surface area contributed by atoms with Crippen LogP contribution in [0.4, 0.5) is 0 Å². The Morgan fingerprint density at radius 2 is 1.86 bits per heavy atom. The SMILES string of the molecule is NCCCCCC(=O)N[C@@H](CCc1ccccc1)C(=O)O. The lowest BCUT2D eigenvalue weighted by atomic mass is 10.0. The summed E-state index contributed by atoms with van der Waals surface area (Å²) in [6, 6.07) is 8.83. The molecule has 1 aromatic carbocycles. The zero-order chi connectivity index (χ0) is 15.5. The Labute approximate surface area is 125 Å². The summed E-state index contributed by atoms with van der Waals surface area (Å²) in [6.45, 7) is 0.621. The summed E-state index contributed by atoms with van der Waals surface area (Å²) in [5.41, 5.74) is 6.45. The summed E-state index contributed by atoms with van der Waals surface area (Å²) in [6.07, 6.45) is 3.91. The van der Waals surface area contributed by atoms with Gasteiger partial charge in [-0.1, -0.05) is 36.8 Å². The van der Waals surface area contributed by atoms with Gasteiger partial charge in [-0.3, -0.25) is 4.79 Å². The van der Waals surface area contributed by atoms with Crippen molar-refractivity contribution in [2.24, 2.45) is 5.73 Å². The molecule has 0 radical (unpaired) electrons. The molecular weight excluding hydrogens is 268 g/mol. The quantitative estimate of drug-likeness (QED) is 0.572. The van der Waals surface area contributed by atoms with E-state index in [-0.39, 0.29) is 5.91 Å². The van der Waals surface area contributed by atoms with Crippen LogP contribution in [0.1, 0.15) is 37.7 Å². The van der Waals surface area contributed by atoms with E-state index in [4.69, 9.17) is 5.73 Å². The molecule has 1 atom stereocenters. The molecule has 0 unspecified atom stereocenters. The lowest BCUT2D eigenvalue weighted by Crippen LogP contribution is -2.41. The normalized spacial score (nSPS) is 11.9. The lowest BCUT2D eigenvalue weighted by Gasteiger charge is -2.14. The van der Waals surface area contributed by atoms with E-state index in [1.165, 1.54) is 0 Å². The molecule has 0 aliphatic heterocycles. The standard InChI is InChI=1S/C16H24N2O3/c17-12-6-2-5-9-15(19)18-14(16(20)21)11-10-13-7-3-1-4-8-13/h1,3-4,7-8,14H,2,5-6,9-12,17H2,(H,18,19)(H,20,21)/t14-/m0/s1. The number of carbonyl (C=O) groups excluding carboxylic acids is 1. The minimum absolute atomic E-state index is 0.201. The van der Waals surface area contributed by atoms with E-state index < -0.39 is 12.0 Å². The van der Waals surface area contributed by atoms with Crippen LogP contribution in [0.5, 0.6) is 0 Å². The molecule has 1 rings (SSSR count). The summed E-state index contributed by atoms with van der Waals surface area (Å²) in [5.74, 6) is -1.19. The van der Waals surface area contributed by atoms with Crippen molar-refractivity contribution in [3.63, 3.8) is 0 Å². The minimum Gasteiger partial charge on any atom is -0.480 e. The fraction of sp³-hybridized carbons (Fsp3) is 0.500. The Bertz CT molecular complexity index is 434. The predicted molar refractivity (Wildman–Crippen MR) is 81.9 cm³/mol. The maximum atomic E-state index is 11.7. The first-order valence-corrected chi connectivity index (χ1v) is 7.39. The van der Waals surface area contributed by atoms with Gasteiger partial charge in [0.05, 0.1) is 0 Å². The van der Waals surface area contributed by atoms with Crippen LogP contribution in [0.3, 0.4) is 0 Å². The van der Waals surface area contributed by atoms with Crippen LogP contribution in [0.25, 0.3) is 0 Å². The number of hydrogen-bond acceptors (Lipinski definition) is 3. The molecule has 1 amide bonds. The fourth-order valence-electron chi connectivity index (χ4n) is 2.09. The van der Waals surface area contributed by atoms with Gasteiger partial charge in [0.2, 0.25) is 5.91 Å². The van der Waals surface area contributed by atoms with E-state index in [0.717, 1.165) is 24.8 Å². The molecule has 4 N–H and O–H groups in total. The Kier molecular flexibility index (Phi) is 8.12. The molecule has 1 aromatic rings. The van der Waals surface area contributed by atoms with Crippen LogP contribution in [-0.4, -0.2) is 29.6 Å². The van der Waals surface area contributed by atoms with E-state index in [9.17, 15) is 14.7 Å². The van der Waals surface area contributed by atoms with Gasteiger partial charge in [-0.05, 0) is 37.8 Å². The van der Waals surface area contributed by atoms with Crippen molar-refractivity contribution in [3.05, 3.63) is 35.9 Å². The summed E-state index contributed by atoms with van der Waals surface area (Å²) >= 11 is 0. The second-order valence-corrected chi connectivity index (χ2v) is 5.08. The molecule has 0 saturated heterocycles. The van der Waals surface area contributed by atoms with Crippen molar-refractivity contribution in [1.82, 2.24) is 5.32 Å². The Morgan fingerprint density at radius 1 is 1.14 bits per heavy atom. The third-order valence-corrected chi connectivity index (χ3v) is 3.31. The van der Waals surface area contributed by atoms with Crippen LogP contribution < -0.4 is 11.1 Å². The van der Waals surface area contributed by atoms with Crippen LogP contribution >= 0.6 is 0 Å². The molecule has 116 valence electrons. The summed E-state index contributed by atoms with van der Waals surface area (Å²) in [7, 11) is 0. The summed E-state index contributed by atoms with van der Waals surface area (Å²) in [5, 5.41) is 11.8. The molecule has 0 aromatic heterocycles. The average Bonchev–Trinajstić information content (AvgIpc) is 2.48. The number of aryl methyl sites for hydroxylation is 1. The van der Waals surface area contributed by atoms with Gasteiger partial charge in [0.1, 0.15) is 6.04 Å². The Morgan fingerprint density at radius 3 is 2.48 bits per heavy atom. The minimum atomic E-state index is -0.985. The second kappa shape index (κ2) is 9.94. The molecule has 5 heteroatoms. The van der Waals surface area contributed by atoms with Gasteiger partial charge < -0.3 is 16.2 Å². The number of aliphatic carboxylic acids is 1. The first kappa shape index (κ1) is 17.2. The van der Waals surface area contributed by atoms with Crippen molar-refractivity contribution < 1.29 is 14.7 Å². The van der Waals surface area contributed by atoms with Crippen LogP contribution in [0, 0.1) is 0 Å². The van der Waals surface area contributed by atoms with Crippen LogP contribution in [0.2, 0.25) is 0 Å². The monoisotopic (exact) mass is 292 g/mol. The highest BCUT2D eigenvalue weighted by Crippen LogP contribution is 2.06. The first-order valence-electron chi connectivity index (χ1n) is 7.39. The maximum absolute atomic E-state index is 11.7. The van der Waals surface area contributed by atoms with Gasteiger partial charge in [0.25, 0.3) is 0 Å². The molecule has 0 heterocycles. The highest BCUT2D eigenvalue weighted by atomic mass is 16.4. The maximum Gasteiger partial charge on any atom is 0.326 e. The largest absolute Gasteiger partial charge is 0.480 e. The highest BCUT2D eigenvalue weighted by molar-refractivity contribution is 5.83. The van der Waals surface area contributed by atoms with E-state index in [2.05, 4.69) is 5.32 Å². The molecule has 5 nitrogen and oxygen atoms in total. The van der Waals surface area contributed by atoms with Crippen molar-refractivity contribution in [1.29, 1.82) is 0 Å². The smallest absolute Gasteiger partial charge is 0.326 e. The second-order valence-electron chi connectivity index (χ2n) is 5.08. The Balaban J connectivity index is 2.35. The Hall–Kier alpha value is -1.88. The number of unbranched alkanes of at least 4 members (excludes halogenated alkanes) is 2. The molecule has 0 bridgehead atoms. The van der Waals surface area contributed by atoms with Gasteiger partial charge in [-0.25, -0.2) is 4.79 Å². The molecule has 0 aliphatic carbocycles. The molecule has 0 aliphatic rings. The predicted octanol–water partition coefficient (Wildman–Crippen LogP) is 1.71. The lowest BCUT2D eigenvalue weighted by molar-refractivity contribution is -0.142. The molecule has 21 heavy (non-hydrogen) atoms. The molecule has 0 spiro atoms. The van der Waals surface area contributed by atoms with E-state index in [1.54, 1.807) is 0 Å². The average molecular weight is 292 g/mol. The van der Waals surface area contributed by atoms with Crippen molar-refractivity contribution in [2.45, 2.75) is 44.6 Å². The van der Waals surface area contributed by atoms with Gasteiger partial charge in [0, 0.05) is 6.42 Å². The third-order valence-electron chi connectivity index (χ3n) is 3.31. The first-order chi connectivity index (χ1) is 10.1. The van der Waals surface area contributed by atoms with Gasteiger partial charge in [-0.15, -0.1) is 0 Å². The number of nitrogens with one attached hydrogen (secondary N) is 1. The number of carboxylic acids is 1. The topological polar surface area (TPSA) is 92.4 Å². The zero-order valence-electron chi connectivity index (χ0n) is 12.3. The van der Waals surface area contributed by atoms with E-state index in [0.29, 0.717) is 25.8 Å². The molecular formula is C16H24N2O3. The number of hydrogen-bond donors (Lipinski definition) is 3. The number of carboxylic acid groups (broad SMARTS) is 1.